The Morgan fingerprint density at radius 2 is 1.92 bits per heavy atom. The topological polar surface area (TPSA) is 105 Å². The normalized spacial score (nSPS) is 14.4. The van der Waals surface area contributed by atoms with Gasteiger partial charge in [-0.15, -0.1) is 0 Å². The van der Waals surface area contributed by atoms with Crippen molar-refractivity contribution in [2.45, 2.75) is 39.3 Å². The molecule has 1 atom stereocenters. The van der Waals surface area contributed by atoms with Gasteiger partial charge in [-0.05, 0) is 61.1 Å². The lowest BCUT2D eigenvalue weighted by molar-refractivity contribution is 0.0927. The van der Waals surface area contributed by atoms with E-state index in [9.17, 15) is 23.2 Å². The van der Waals surface area contributed by atoms with E-state index in [2.05, 4.69) is 20.7 Å². The molecule has 2 aromatic heterocycles. The molecule has 2 aromatic carbocycles. The lowest BCUT2D eigenvalue weighted by atomic mass is 9.96. The summed E-state index contributed by atoms with van der Waals surface area (Å²) in [6.07, 6.45) is 2.25. The van der Waals surface area contributed by atoms with E-state index >= 15 is 0 Å². The first-order valence-corrected chi connectivity index (χ1v) is 11.7. The van der Waals surface area contributed by atoms with Crippen LogP contribution in [0.2, 0.25) is 0 Å². The molecule has 37 heavy (non-hydrogen) atoms. The predicted octanol–water partition coefficient (Wildman–Crippen LogP) is 3.87. The average Bonchev–Trinajstić information content (AvgIpc) is 3.46. The summed E-state index contributed by atoms with van der Waals surface area (Å²) in [6.45, 7) is 3.44. The number of nitrogens with one attached hydrogen (secondary N) is 2. The van der Waals surface area contributed by atoms with Crippen LogP contribution in [0.15, 0.2) is 48.7 Å². The Morgan fingerprint density at radius 1 is 1.11 bits per heavy atom. The first-order valence-electron chi connectivity index (χ1n) is 11.7. The molecule has 1 aliphatic carbocycles. The number of Topliss-reactive ketones (excluding diaryl/α,β-unsaturated/α-hetero) is 1. The van der Waals surface area contributed by atoms with E-state index in [1.807, 2.05) is 13.0 Å². The van der Waals surface area contributed by atoms with Crippen molar-refractivity contribution < 1.29 is 23.2 Å². The largest absolute Gasteiger partial charge is 0.347 e. The van der Waals surface area contributed by atoms with Crippen LogP contribution in [-0.4, -0.2) is 32.2 Å². The SMILES string of the molecule is CC(=O)c1ccc2c(c1C)CC[C@@H]2NC(=O)c1cc(C(=O)NCc2cccc(F)c2)nc2c(F)cnn12. The van der Waals surface area contributed by atoms with E-state index in [0.717, 1.165) is 27.4 Å². The summed E-state index contributed by atoms with van der Waals surface area (Å²) < 4.78 is 28.9. The molecule has 0 spiro atoms. The monoisotopic (exact) mass is 503 g/mol. The van der Waals surface area contributed by atoms with Gasteiger partial charge < -0.3 is 10.6 Å². The molecule has 188 valence electrons. The molecule has 2 amide bonds. The van der Waals surface area contributed by atoms with Crippen LogP contribution in [0.25, 0.3) is 5.65 Å². The van der Waals surface area contributed by atoms with Gasteiger partial charge in [0.25, 0.3) is 11.8 Å². The summed E-state index contributed by atoms with van der Waals surface area (Å²) in [5.41, 5.74) is 3.53. The summed E-state index contributed by atoms with van der Waals surface area (Å²) in [4.78, 5) is 42.1. The van der Waals surface area contributed by atoms with Crippen molar-refractivity contribution in [3.05, 3.63) is 99.5 Å². The molecule has 2 heterocycles. The van der Waals surface area contributed by atoms with Crippen LogP contribution in [0.1, 0.15) is 73.0 Å². The number of fused-ring (bicyclic) bond motifs is 2. The zero-order chi connectivity index (χ0) is 26.3. The fourth-order valence-electron chi connectivity index (χ4n) is 4.78. The molecule has 5 rings (SSSR count). The Bertz CT molecular complexity index is 1580. The molecule has 4 aromatic rings. The summed E-state index contributed by atoms with van der Waals surface area (Å²) in [7, 11) is 0. The second kappa shape index (κ2) is 9.53. The van der Waals surface area contributed by atoms with E-state index in [1.54, 1.807) is 12.1 Å². The standard InChI is InChI=1S/C27H23F2N5O3/c1-14-18(15(2)35)6-7-20-19(14)8-9-22(20)33-27(37)24-11-23(32-25-21(29)13-31-34(24)25)26(36)30-12-16-4-3-5-17(28)10-16/h3-7,10-11,13,22H,8-9,12H2,1-2H3,(H,30,36)(H,33,37)/t22-/m0/s1. The lowest BCUT2D eigenvalue weighted by Gasteiger charge is -2.16. The maximum absolute atomic E-state index is 14.4. The Morgan fingerprint density at radius 3 is 2.68 bits per heavy atom. The fourth-order valence-corrected chi connectivity index (χ4v) is 4.78. The van der Waals surface area contributed by atoms with Gasteiger partial charge in [0.1, 0.15) is 17.2 Å². The smallest absolute Gasteiger partial charge is 0.270 e. The molecule has 0 saturated heterocycles. The van der Waals surface area contributed by atoms with Crippen molar-refractivity contribution in [3.8, 4) is 0 Å². The molecule has 0 fully saturated rings. The van der Waals surface area contributed by atoms with Crippen molar-refractivity contribution in [2.75, 3.05) is 0 Å². The Balaban J connectivity index is 1.41. The van der Waals surface area contributed by atoms with Gasteiger partial charge in [0.2, 0.25) is 0 Å². The lowest BCUT2D eigenvalue weighted by Crippen LogP contribution is -2.30. The Kier molecular flexibility index (Phi) is 6.24. The number of ketones is 1. The number of rotatable bonds is 6. The van der Waals surface area contributed by atoms with Crippen molar-refractivity contribution >= 4 is 23.2 Å². The first-order chi connectivity index (χ1) is 17.7. The Hall–Kier alpha value is -4.47. The highest BCUT2D eigenvalue weighted by atomic mass is 19.1. The number of carbonyl (C=O) groups excluding carboxylic acids is 3. The third kappa shape index (κ3) is 4.57. The van der Waals surface area contributed by atoms with E-state index in [1.165, 1.54) is 31.2 Å². The number of carbonyl (C=O) groups is 3. The van der Waals surface area contributed by atoms with Gasteiger partial charge >= 0.3 is 0 Å². The fraction of sp³-hybridized carbons (Fsp3) is 0.222. The third-order valence-corrected chi connectivity index (χ3v) is 6.61. The van der Waals surface area contributed by atoms with Crippen molar-refractivity contribution in [2.24, 2.45) is 0 Å². The molecule has 0 unspecified atom stereocenters. The van der Waals surface area contributed by atoms with Crippen molar-refractivity contribution in [1.82, 2.24) is 25.2 Å². The number of benzene rings is 2. The number of hydrogen-bond acceptors (Lipinski definition) is 5. The van der Waals surface area contributed by atoms with Crippen LogP contribution in [0, 0.1) is 18.6 Å². The minimum atomic E-state index is -0.785. The van der Waals surface area contributed by atoms with Crippen molar-refractivity contribution in [3.63, 3.8) is 0 Å². The summed E-state index contributed by atoms with van der Waals surface area (Å²) in [5.74, 6) is -2.45. The summed E-state index contributed by atoms with van der Waals surface area (Å²) >= 11 is 0. The maximum Gasteiger partial charge on any atom is 0.270 e. The quantitative estimate of drug-likeness (QED) is 0.389. The zero-order valence-electron chi connectivity index (χ0n) is 20.1. The number of amides is 2. The molecule has 10 heteroatoms. The van der Waals surface area contributed by atoms with Gasteiger partial charge in [-0.1, -0.05) is 24.3 Å². The number of halogens is 2. The van der Waals surface area contributed by atoms with E-state index in [0.29, 0.717) is 24.0 Å². The van der Waals surface area contributed by atoms with Crippen LogP contribution in [-0.2, 0) is 13.0 Å². The molecule has 0 radical (unpaired) electrons. The summed E-state index contributed by atoms with van der Waals surface area (Å²) in [6, 6.07) is 10.3. The highest BCUT2D eigenvalue weighted by molar-refractivity contribution is 5.99. The molecule has 0 bridgehead atoms. The van der Waals surface area contributed by atoms with Crippen LogP contribution >= 0.6 is 0 Å². The maximum atomic E-state index is 14.4. The molecule has 0 saturated carbocycles. The van der Waals surface area contributed by atoms with Gasteiger partial charge in [0.15, 0.2) is 17.2 Å². The number of nitrogens with zero attached hydrogens (tertiary/aromatic N) is 3. The molecular formula is C27H23F2N5O3. The highest BCUT2D eigenvalue weighted by Gasteiger charge is 2.28. The van der Waals surface area contributed by atoms with E-state index < -0.39 is 23.4 Å². The molecule has 0 aliphatic heterocycles. The molecular weight excluding hydrogens is 480 g/mol. The van der Waals surface area contributed by atoms with E-state index in [-0.39, 0.29) is 35.4 Å². The molecule has 1 aliphatic rings. The van der Waals surface area contributed by atoms with Gasteiger partial charge in [-0.2, -0.15) is 5.10 Å². The average molecular weight is 504 g/mol. The molecule has 2 N–H and O–H groups in total. The van der Waals surface area contributed by atoms with Crippen LogP contribution < -0.4 is 10.6 Å². The van der Waals surface area contributed by atoms with Gasteiger partial charge in [-0.3, -0.25) is 14.4 Å². The minimum absolute atomic E-state index is 0.0177. The number of hydrogen-bond donors (Lipinski definition) is 2. The second-order valence-corrected chi connectivity index (χ2v) is 8.99. The van der Waals surface area contributed by atoms with Crippen LogP contribution in [0.3, 0.4) is 0 Å². The van der Waals surface area contributed by atoms with Gasteiger partial charge in [0, 0.05) is 18.2 Å². The van der Waals surface area contributed by atoms with E-state index in [4.69, 9.17) is 0 Å². The second-order valence-electron chi connectivity index (χ2n) is 8.99. The van der Waals surface area contributed by atoms with Crippen LogP contribution in [0.5, 0.6) is 0 Å². The van der Waals surface area contributed by atoms with Crippen LogP contribution in [0.4, 0.5) is 8.78 Å². The minimum Gasteiger partial charge on any atom is -0.347 e. The van der Waals surface area contributed by atoms with Gasteiger partial charge in [-0.25, -0.2) is 18.3 Å². The molecule has 8 nitrogen and oxygen atoms in total. The predicted molar refractivity (Wildman–Crippen MR) is 130 cm³/mol. The zero-order valence-corrected chi connectivity index (χ0v) is 20.1. The highest BCUT2D eigenvalue weighted by Crippen LogP contribution is 2.35. The Labute approximate surface area is 210 Å². The summed E-state index contributed by atoms with van der Waals surface area (Å²) in [5, 5.41) is 9.48. The van der Waals surface area contributed by atoms with Crippen molar-refractivity contribution in [1.29, 1.82) is 0 Å². The van der Waals surface area contributed by atoms with Gasteiger partial charge in [0.05, 0.1) is 12.2 Å². The number of aromatic nitrogens is 3. The first kappa shape index (κ1) is 24.2. The third-order valence-electron chi connectivity index (χ3n) is 6.61.